The smallest absolute Gasteiger partial charge is 0.318 e. The Balaban J connectivity index is 2.17. The summed E-state index contributed by atoms with van der Waals surface area (Å²) in [7, 11) is 1.36. The number of carbonyl (C=O) groups is 1. The minimum Gasteiger partial charge on any atom is -0.468 e. The molecule has 26 heavy (non-hydrogen) atoms. The van der Waals surface area contributed by atoms with Crippen LogP contribution in [0.4, 0.5) is 0 Å². The molecule has 0 amide bonds. The number of aryl methyl sites for hydroxylation is 1. The van der Waals surface area contributed by atoms with Crippen LogP contribution in [0.5, 0.6) is 0 Å². The van der Waals surface area contributed by atoms with E-state index in [0.29, 0.717) is 22.9 Å². The first-order chi connectivity index (χ1) is 12.6. The lowest BCUT2D eigenvalue weighted by atomic mass is 10.2. The van der Waals surface area contributed by atoms with Crippen molar-refractivity contribution in [2.75, 3.05) is 7.11 Å². The maximum absolute atomic E-state index is 12.9. The van der Waals surface area contributed by atoms with Crippen LogP contribution in [0.3, 0.4) is 0 Å². The second-order valence-electron chi connectivity index (χ2n) is 6.08. The molecule has 0 saturated heterocycles. The number of methoxy groups -OCH3 is 1. The van der Waals surface area contributed by atoms with E-state index in [2.05, 4.69) is 17.1 Å². The van der Waals surface area contributed by atoms with Crippen molar-refractivity contribution in [3.63, 3.8) is 0 Å². The molecule has 0 aliphatic heterocycles. The molecule has 1 aromatic carbocycles. The molecular formula is C18H22N4O3S. The fourth-order valence-electron chi connectivity index (χ4n) is 2.90. The summed E-state index contributed by atoms with van der Waals surface area (Å²) in [4.78, 5) is 24.7. The van der Waals surface area contributed by atoms with E-state index in [9.17, 15) is 9.59 Å². The number of fused-ring (bicyclic) bond motifs is 3. The number of rotatable bonds is 7. The molecule has 0 saturated carbocycles. The molecule has 0 fully saturated rings. The van der Waals surface area contributed by atoms with Gasteiger partial charge in [-0.15, -0.1) is 10.2 Å². The fourth-order valence-corrected chi connectivity index (χ4v) is 3.79. The van der Waals surface area contributed by atoms with Gasteiger partial charge in [-0.1, -0.05) is 43.7 Å². The molecule has 0 spiro atoms. The van der Waals surface area contributed by atoms with Gasteiger partial charge >= 0.3 is 5.97 Å². The monoisotopic (exact) mass is 374 g/mol. The van der Waals surface area contributed by atoms with Gasteiger partial charge in [0.25, 0.3) is 5.56 Å². The highest BCUT2D eigenvalue weighted by Crippen LogP contribution is 2.25. The number of carbonyl (C=O) groups excluding carboxylic acids is 1. The SMILES string of the molecule is CCCCCn1c(=O)c2ccccc2n2c(SC(C)C(=O)OC)nnc12. The molecule has 2 heterocycles. The summed E-state index contributed by atoms with van der Waals surface area (Å²) in [5.41, 5.74) is 0.679. The van der Waals surface area contributed by atoms with Crippen LogP contribution < -0.4 is 5.56 Å². The third-order valence-electron chi connectivity index (χ3n) is 4.28. The molecule has 7 nitrogen and oxygen atoms in total. The number of aromatic nitrogens is 4. The van der Waals surface area contributed by atoms with Crippen LogP contribution in [0.1, 0.15) is 33.1 Å². The predicted octanol–water partition coefficient (Wildman–Crippen LogP) is 2.89. The Morgan fingerprint density at radius 2 is 2.04 bits per heavy atom. The molecule has 2 aromatic heterocycles. The minimum absolute atomic E-state index is 0.0610. The van der Waals surface area contributed by atoms with Gasteiger partial charge < -0.3 is 4.74 Å². The minimum atomic E-state index is -0.424. The van der Waals surface area contributed by atoms with Gasteiger partial charge in [-0.2, -0.15) is 0 Å². The molecule has 0 aliphatic rings. The fraction of sp³-hybridized carbons (Fsp3) is 0.444. The van der Waals surface area contributed by atoms with Gasteiger partial charge in [-0.25, -0.2) is 0 Å². The van der Waals surface area contributed by atoms with Crippen LogP contribution >= 0.6 is 11.8 Å². The average molecular weight is 374 g/mol. The highest BCUT2D eigenvalue weighted by atomic mass is 32.2. The molecule has 0 aliphatic carbocycles. The van der Waals surface area contributed by atoms with E-state index >= 15 is 0 Å². The zero-order valence-electron chi connectivity index (χ0n) is 15.1. The van der Waals surface area contributed by atoms with Crippen LogP contribution in [-0.2, 0) is 16.1 Å². The van der Waals surface area contributed by atoms with E-state index in [1.54, 1.807) is 11.5 Å². The highest BCUT2D eigenvalue weighted by molar-refractivity contribution is 8.00. The summed E-state index contributed by atoms with van der Waals surface area (Å²) >= 11 is 1.27. The number of hydrogen-bond acceptors (Lipinski definition) is 6. The predicted molar refractivity (Wildman–Crippen MR) is 102 cm³/mol. The van der Waals surface area contributed by atoms with Gasteiger partial charge in [0.15, 0.2) is 5.16 Å². The Labute approximate surface area is 155 Å². The van der Waals surface area contributed by atoms with E-state index in [-0.39, 0.29) is 11.5 Å². The van der Waals surface area contributed by atoms with Crippen LogP contribution in [0.25, 0.3) is 16.7 Å². The van der Waals surface area contributed by atoms with Crippen molar-refractivity contribution in [1.29, 1.82) is 0 Å². The Hall–Kier alpha value is -2.35. The van der Waals surface area contributed by atoms with Crippen LogP contribution in [0, 0.1) is 0 Å². The molecule has 1 atom stereocenters. The Morgan fingerprint density at radius 1 is 1.27 bits per heavy atom. The summed E-state index contributed by atoms with van der Waals surface area (Å²) in [6.45, 7) is 4.48. The molecule has 0 bridgehead atoms. The third kappa shape index (κ3) is 3.33. The number of hydrogen-bond donors (Lipinski definition) is 0. The second kappa shape index (κ2) is 7.90. The summed E-state index contributed by atoms with van der Waals surface area (Å²) < 4.78 is 8.33. The van der Waals surface area contributed by atoms with Gasteiger partial charge in [0.05, 0.1) is 18.0 Å². The molecular weight excluding hydrogens is 352 g/mol. The molecule has 0 N–H and O–H groups in total. The molecule has 1 unspecified atom stereocenters. The molecule has 138 valence electrons. The quantitative estimate of drug-likeness (QED) is 0.359. The Kier molecular flexibility index (Phi) is 5.61. The summed E-state index contributed by atoms with van der Waals surface area (Å²) in [5, 5.41) is 9.25. The molecule has 3 rings (SSSR count). The number of benzene rings is 1. The second-order valence-corrected chi connectivity index (χ2v) is 7.39. The van der Waals surface area contributed by atoms with Crippen molar-refractivity contribution >= 4 is 34.4 Å². The zero-order chi connectivity index (χ0) is 18.7. The van der Waals surface area contributed by atoms with Gasteiger partial charge in [-0.3, -0.25) is 18.6 Å². The van der Waals surface area contributed by atoms with Gasteiger partial charge in [0, 0.05) is 6.54 Å². The number of ether oxygens (including phenoxy) is 1. The maximum atomic E-state index is 12.9. The van der Waals surface area contributed by atoms with Crippen molar-refractivity contribution < 1.29 is 9.53 Å². The Bertz CT molecular complexity index is 995. The number of esters is 1. The Morgan fingerprint density at radius 3 is 2.77 bits per heavy atom. The first kappa shape index (κ1) is 18.4. The average Bonchev–Trinajstić information content (AvgIpc) is 3.07. The van der Waals surface area contributed by atoms with Crippen molar-refractivity contribution in [2.45, 2.75) is 50.1 Å². The number of thioether (sulfide) groups is 1. The van der Waals surface area contributed by atoms with Crippen molar-refractivity contribution in [3.8, 4) is 0 Å². The lowest BCUT2D eigenvalue weighted by molar-refractivity contribution is -0.139. The van der Waals surface area contributed by atoms with E-state index in [4.69, 9.17) is 4.74 Å². The van der Waals surface area contributed by atoms with Gasteiger partial charge in [0.1, 0.15) is 5.25 Å². The number of para-hydroxylation sites is 1. The normalized spacial score (nSPS) is 12.6. The largest absolute Gasteiger partial charge is 0.468 e. The van der Waals surface area contributed by atoms with Crippen LogP contribution in [0.15, 0.2) is 34.2 Å². The van der Waals surface area contributed by atoms with Crippen LogP contribution in [-0.4, -0.2) is 37.5 Å². The standard InChI is InChI=1S/C18H22N4O3S/c1-4-5-8-11-21-15(23)13-9-6-7-10-14(13)22-17(21)19-20-18(22)26-12(2)16(24)25-3/h6-7,9-10,12H,4-5,8,11H2,1-3H3. The van der Waals surface area contributed by atoms with Gasteiger partial charge in [0.2, 0.25) is 5.78 Å². The zero-order valence-corrected chi connectivity index (χ0v) is 16.0. The summed E-state index contributed by atoms with van der Waals surface area (Å²) in [6.07, 6.45) is 3.02. The third-order valence-corrected chi connectivity index (χ3v) is 5.30. The number of unbranched alkanes of at least 4 members (excludes halogenated alkanes) is 2. The van der Waals surface area contributed by atoms with Gasteiger partial charge in [-0.05, 0) is 25.5 Å². The lowest BCUT2D eigenvalue weighted by Gasteiger charge is -2.12. The highest BCUT2D eigenvalue weighted by Gasteiger charge is 2.21. The topological polar surface area (TPSA) is 78.5 Å². The van der Waals surface area contributed by atoms with Crippen molar-refractivity contribution in [3.05, 3.63) is 34.6 Å². The van der Waals surface area contributed by atoms with E-state index in [1.807, 2.05) is 28.7 Å². The summed E-state index contributed by atoms with van der Waals surface area (Å²) in [5.74, 6) is 0.177. The lowest BCUT2D eigenvalue weighted by Crippen LogP contribution is -2.23. The first-order valence-electron chi connectivity index (χ1n) is 8.69. The number of nitrogens with zero attached hydrogens (tertiary/aromatic N) is 4. The van der Waals surface area contributed by atoms with E-state index in [1.165, 1.54) is 18.9 Å². The molecule has 8 heteroatoms. The van der Waals surface area contributed by atoms with E-state index in [0.717, 1.165) is 24.8 Å². The molecule has 0 radical (unpaired) electrons. The van der Waals surface area contributed by atoms with E-state index < -0.39 is 5.25 Å². The first-order valence-corrected chi connectivity index (χ1v) is 9.57. The maximum Gasteiger partial charge on any atom is 0.318 e. The molecule has 3 aromatic rings. The van der Waals surface area contributed by atoms with Crippen molar-refractivity contribution in [2.24, 2.45) is 0 Å². The van der Waals surface area contributed by atoms with Crippen LogP contribution in [0.2, 0.25) is 0 Å². The summed E-state index contributed by atoms with van der Waals surface area (Å²) in [6, 6.07) is 7.41. The van der Waals surface area contributed by atoms with Crippen molar-refractivity contribution in [1.82, 2.24) is 19.2 Å².